The minimum atomic E-state index is -0.121. The lowest BCUT2D eigenvalue weighted by molar-refractivity contribution is -0.0149. The average molecular weight is 431 g/mol. The molecule has 1 aromatic carbocycles. The maximum absolute atomic E-state index is 5.92. The van der Waals surface area contributed by atoms with Gasteiger partial charge < -0.3 is 15.8 Å². The van der Waals surface area contributed by atoms with Crippen LogP contribution in [0.1, 0.15) is 51.2 Å². The Morgan fingerprint density at radius 2 is 2.00 bits per heavy atom. The topological polar surface area (TPSA) is 59.6 Å². The zero-order valence-corrected chi connectivity index (χ0v) is 16.8. The van der Waals surface area contributed by atoms with Gasteiger partial charge in [-0.25, -0.2) is 4.99 Å². The number of halogens is 1. The molecule has 1 fully saturated rings. The van der Waals surface area contributed by atoms with Crippen LogP contribution in [0.4, 0.5) is 0 Å². The Balaban J connectivity index is 0.00000264. The van der Waals surface area contributed by atoms with Crippen LogP contribution < -0.4 is 11.1 Å². The number of aliphatic imine (C=N–C) groups is 1. The molecule has 0 spiro atoms. The number of nitrogens with one attached hydrogen (secondary N) is 1. The van der Waals surface area contributed by atoms with E-state index in [0.717, 1.165) is 18.0 Å². The van der Waals surface area contributed by atoms with Crippen LogP contribution in [-0.2, 0) is 17.9 Å². The molecule has 1 aliphatic carbocycles. The highest BCUT2D eigenvalue weighted by atomic mass is 127. The predicted molar refractivity (Wildman–Crippen MR) is 107 cm³/mol. The fourth-order valence-corrected chi connectivity index (χ4v) is 2.30. The van der Waals surface area contributed by atoms with Gasteiger partial charge in [0.1, 0.15) is 0 Å². The summed E-state index contributed by atoms with van der Waals surface area (Å²) in [6.07, 6.45) is 3.99. The molecule has 1 aliphatic rings. The molecule has 0 amide bonds. The van der Waals surface area contributed by atoms with Crippen molar-refractivity contribution in [1.82, 2.24) is 5.32 Å². The van der Waals surface area contributed by atoms with E-state index in [0.29, 0.717) is 19.1 Å². The van der Waals surface area contributed by atoms with E-state index in [9.17, 15) is 0 Å². The first kappa shape index (κ1) is 20.2. The Morgan fingerprint density at radius 1 is 1.30 bits per heavy atom. The summed E-state index contributed by atoms with van der Waals surface area (Å²) in [4.78, 5) is 4.42. The van der Waals surface area contributed by atoms with E-state index >= 15 is 0 Å². The molecule has 0 heterocycles. The predicted octanol–water partition coefficient (Wildman–Crippen LogP) is 3.82. The Hall–Kier alpha value is -0.820. The molecule has 5 heteroatoms. The van der Waals surface area contributed by atoms with Crippen LogP contribution >= 0.6 is 24.0 Å². The van der Waals surface area contributed by atoms with Crippen molar-refractivity contribution in [3.05, 3.63) is 35.4 Å². The highest BCUT2D eigenvalue weighted by Gasteiger charge is 2.16. The lowest BCUT2D eigenvalue weighted by atomic mass is 9.85. The van der Waals surface area contributed by atoms with Gasteiger partial charge in [-0.15, -0.1) is 24.0 Å². The summed E-state index contributed by atoms with van der Waals surface area (Å²) in [6, 6.07) is 8.33. The van der Waals surface area contributed by atoms with Crippen LogP contribution in [-0.4, -0.2) is 18.1 Å². The van der Waals surface area contributed by atoms with Crippen molar-refractivity contribution in [1.29, 1.82) is 0 Å². The quantitative estimate of drug-likeness (QED) is 0.409. The van der Waals surface area contributed by atoms with Crippen LogP contribution in [0, 0.1) is 5.92 Å². The second-order valence-electron chi connectivity index (χ2n) is 7.10. The highest BCUT2D eigenvalue weighted by Crippen LogP contribution is 2.25. The van der Waals surface area contributed by atoms with E-state index in [4.69, 9.17) is 10.5 Å². The van der Waals surface area contributed by atoms with Gasteiger partial charge in [0.15, 0.2) is 5.96 Å². The molecule has 4 nitrogen and oxygen atoms in total. The van der Waals surface area contributed by atoms with E-state index < -0.39 is 0 Å². The second kappa shape index (κ2) is 9.47. The van der Waals surface area contributed by atoms with E-state index in [1.807, 2.05) is 6.07 Å². The molecule has 2 rings (SSSR count). The number of hydrogen-bond acceptors (Lipinski definition) is 2. The summed E-state index contributed by atoms with van der Waals surface area (Å²) < 4.78 is 5.81. The Labute approximate surface area is 157 Å². The average Bonchev–Trinajstić information content (AvgIpc) is 2.41. The molecule has 3 N–H and O–H groups in total. The van der Waals surface area contributed by atoms with Gasteiger partial charge in [-0.1, -0.05) is 30.7 Å². The van der Waals surface area contributed by atoms with Gasteiger partial charge in [0, 0.05) is 6.54 Å². The van der Waals surface area contributed by atoms with Crippen LogP contribution in [0.2, 0.25) is 0 Å². The van der Waals surface area contributed by atoms with Crippen molar-refractivity contribution in [3.8, 4) is 0 Å². The number of nitrogens with zero attached hydrogens (tertiary/aromatic N) is 1. The van der Waals surface area contributed by atoms with Crippen molar-refractivity contribution in [2.24, 2.45) is 16.6 Å². The first-order chi connectivity index (χ1) is 10.4. The molecule has 0 bridgehead atoms. The molecular weight excluding hydrogens is 401 g/mol. The maximum Gasteiger partial charge on any atom is 0.188 e. The van der Waals surface area contributed by atoms with Crippen molar-refractivity contribution in [3.63, 3.8) is 0 Å². The van der Waals surface area contributed by atoms with Gasteiger partial charge in [0.25, 0.3) is 0 Å². The Morgan fingerprint density at radius 3 is 2.61 bits per heavy atom. The fourth-order valence-electron chi connectivity index (χ4n) is 2.30. The molecule has 0 aliphatic heterocycles. The van der Waals surface area contributed by atoms with Crippen LogP contribution in [0.5, 0.6) is 0 Å². The number of guanidine groups is 1. The van der Waals surface area contributed by atoms with Gasteiger partial charge in [-0.05, 0) is 50.7 Å². The monoisotopic (exact) mass is 431 g/mol. The molecule has 0 aromatic heterocycles. The molecule has 23 heavy (non-hydrogen) atoms. The summed E-state index contributed by atoms with van der Waals surface area (Å²) >= 11 is 0. The Kier molecular flexibility index (Phi) is 8.33. The summed E-state index contributed by atoms with van der Waals surface area (Å²) in [6.45, 7) is 8.37. The van der Waals surface area contributed by atoms with Crippen molar-refractivity contribution >= 4 is 29.9 Å². The highest BCUT2D eigenvalue weighted by molar-refractivity contribution is 14.0. The molecule has 0 saturated heterocycles. The third kappa shape index (κ3) is 8.01. The zero-order valence-electron chi connectivity index (χ0n) is 14.5. The number of ether oxygens (including phenoxy) is 1. The SMILES string of the molecule is CC(C)(C)OCc1cccc(CN=C(N)NCC2CCC2)c1.I. The fraction of sp³-hybridized carbons (Fsp3) is 0.611. The van der Waals surface area contributed by atoms with Crippen molar-refractivity contribution < 1.29 is 4.74 Å². The lowest BCUT2D eigenvalue weighted by Gasteiger charge is -2.25. The minimum Gasteiger partial charge on any atom is -0.371 e. The first-order valence-corrected chi connectivity index (χ1v) is 8.18. The molecule has 1 aromatic rings. The summed E-state index contributed by atoms with van der Waals surface area (Å²) in [5.74, 6) is 1.33. The number of benzene rings is 1. The van der Waals surface area contributed by atoms with E-state index in [1.54, 1.807) is 0 Å². The zero-order chi connectivity index (χ0) is 16.0. The van der Waals surface area contributed by atoms with Gasteiger partial charge in [0.05, 0.1) is 18.8 Å². The van der Waals surface area contributed by atoms with Gasteiger partial charge in [-0.3, -0.25) is 0 Å². The number of nitrogens with two attached hydrogens (primary N) is 1. The summed E-state index contributed by atoms with van der Waals surface area (Å²) in [7, 11) is 0. The largest absolute Gasteiger partial charge is 0.371 e. The minimum absolute atomic E-state index is 0. The Bertz CT molecular complexity index is 507. The molecule has 0 radical (unpaired) electrons. The maximum atomic E-state index is 5.92. The standard InChI is InChI=1S/C18H29N3O.HI/c1-18(2,3)22-13-16-9-5-8-15(10-16)12-21-17(19)20-11-14-6-4-7-14;/h5,8-10,14H,4,6-7,11-13H2,1-3H3,(H3,19,20,21);1H. The van der Waals surface area contributed by atoms with Crippen LogP contribution in [0.3, 0.4) is 0 Å². The first-order valence-electron chi connectivity index (χ1n) is 8.18. The van der Waals surface area contributed by atoms with Crippen molar-refractivity contribution in [2.75, 3.05) is 6.54 Å². The summed E-state index contributed by atoms with van der Waals surface area (Å²) in [5, 5.41) is 3.22. The second-order valence-corrected chi connectivity index (χ2v) is 7.10. The van der Waals surface area contributed by atoms with Crippen molar-refractivity contribution in [2.45, 2.75) is 58.8 Å². The number of hydrogen-bond donors (Lipinski definition) is 2. The summed E-state index contributed by atoms with van der Waals surface area (Å²) in [5.41, 5.74) is 8.12. The van der Waals surface area contributed by atoms with Gasteiger partial charge >= 0.3 is 0 Å². The normalized spacial score (nSPS) is 15.7. The smallest absolute Gasteiger partial charge is 0.188 e. The van der Waals surface area contributed by atoms with E-state index in [2.05, 4.69) is 49.3 Å². The molecule has 130 valence electrons. The van der Waals surface area contributed by atoms with Crippen LogP contribution in [0.15, 0.2) is 29.3 Å². The number of rotatable bonds is 6. The van der Waals surface area contributed by atoms with E-state index in [1.165, 1.54) is 24.8 Å². The molecule has 0 atom stereocenters. The third-order valence-electron chi connectivity index (χ3n) is 3.89. The third-order valence-corrected chi connectivity index (χ3v) is 3.89. The molecule has 0 unspecified atom stereocenters. The van der Waals surface area contributed by atoms with E-state index in [-0.39, 0.29) is 29.6 Å². The molecule has 1 saturated carbocycles. The lowest BCUT2D eigenvalue weighted by Crippen LogP contribution is -2.37. The van der Waals surface area contributed by atoms with Gasteiger partial charge in [0.2, 0.25) is 0 Å². The van der Waals surface area contributed by atoms with Crippen LogP contribution in [0.25, 0.3) is 0 Å². The molecular formula is C18H30IN3O. The van der Waals surface area contributed by atoms with Gasteiger partial charge in [-0.2, -0.15) is 0 Å².